The molecule has 5 heteroatoms. The molecule has 2 aromatic rings. The fourth-order valence-corrected chi connectivity index (χ4v) is 2.91. The molecule has 0 saturated heterocycles. The first-order valence-corrected chi connectivity index (χ1v) is 8.12. The zero-order valence-electron chi connectivity index (χ0n) is 13.2. The van der Waals surface area contributed by atoms with E-state index in [1.54, 1.807) is 18.4 Å². The van der Waals surface area contributed by atoms with Crippen LogP contribution in [0.2, 0.25) is 0 Å². The van der Waals surface area contributed by atoms with Crippen molar-refractivity contribution in [1.82, 2.24) is 4.98 Å². The number of aromatic nitrogens is 1. The molecule has 1 aromatic heterocycles. The van der Waals surface area contributed by atoms with E-state index in [2.05, 4.69) is 30.2 Å². The maximum Gasteiger partial charge on any atom is 0.183 e. The normalized spacial score (nSPS) is 11.8. The van der Waals surface area contributed by atoms with Crippen LogP contribution in [-0.4, -0.2) is 31.9 Å². The number of methoxy groups -OCH3 is 1. The molecule has 0 bridgehead atoms. The minimum absolute atomic E-state index is 0.185. The molecule has 0 unspecified atom stereocenters. The Kier molecular flexibility index (Phi) is 5.42. The van der Waals surface area contributed by atoms with Gasteiger partial charge in [-0.05, 0) is 37.0 Å². The summed E-state index contributed by atoms with van der Waals surface area (Å²) in [5, 5.41) is 4.41. The summed E-state index contributed by atoms with van der Waals surface area (Å²) in [5.74, 6) is 0.903. The maximum absolute atomic E-state index is 5.53. The topological polar surface area (TPSA) is 43.4 Å². The van der Waals surface area contributed by atoms with Crippen LogP contribution in [0, 0.1) is 5.41 Å². The summed E-state index contributed by atoms with van der Waals surface area (Å²) < 4.78 is 11.8. The van der Waals surface area contributed by atoms with Crippen molar-refractivity contribution in [2.45, 2.75) is 27.2 Å². The predicted octanol–water partition coefficient (Wildman–Crippen LogP) is 4.17. The Hall–Kier alpha value is -1.33. The first-order valence-electron chi connectivity index (χ1n) is 7.30. The minimum atomic E-state index is 0.185. The van der Waals surface area contributed by atoms with Crippen molar-refractivity contribution in [1.29, 1.82) is 0 Å². The molecule has 4 nitrogen and oxygen atoms in total. The van der Waals surface area contributed by atoms with E-state index >= 15 is 0 Å². The number of benzene rings is 1. The summed E-state index contributed by atoms with van der Waals surface area (Å²) in [4.78, 5) is 4.62. The highest BCUT2D eigenvalue weighted by molar-refractivity contribution is 7.22. The van der Waals surface area contributed by atoms with E-state index in [0.717, 1.165) is 40.7 Å². The van der Waals surface area contributed by atoms with Gasteiger partial charge in [-0.1, -0.05) is 25.2 Å². The Morgan fingerprint density at radius 1 is 1.33 bits per heavy atom. The lowest BCUT2D eigenvalue weighted by molar-refractivity contribution is 0.157. The minimum Gasteiger partial charge on any atom is -0.494 e. The second-order valence-corrected chi connectivity index (χ2v) is 6.87. The molecule has 0 radical (unpaired) electrons. The number of fused-ring (bicyclic) bond motifs is 1. The fraction of sp³-hybridized carbons (Fsp3) is 0.562. The monoisotopic (exact) mass is 308 g/mol. The number of nitrogens with zero attached hydrogens (tertiary/aromatic N) is 1. The van der Waals surface area contributed by atoms with Gasteiger partial charge in [0, 0.05) is 20.3 Å². The van der Waals surface area contributed by atoms with Crippen molar-refractivity contribution in [2.24, 2.45) is 5.41 Å². The lowest BCUT2D eigenvalue weighted by Crippen LogP contribution is -2.24. The van der Waals surface area contributed by atoms with Crippen molar-refractivity contribution in [2.75, 3.05) is 32.2 Å². The molecule has 21 heavy (non-hydrogen) atoms. The molecular formula is C16H24N2O2S. The number of ether oxygens (including phenoxy) is 2. The third-order valence-electron chi connectivity index (χ3n) is 3.37. The zero-order valence-corrected chi connectivity index (χ0v) is 14.0. The van der Waals surface area contributed by atoms with Crippen LogP contribution < -0.4 is 10.1 Å². The molecule has 2 rings (SSSR count). The van der Waals surface area contributed by atoms with Crippen LogP contribution in [0.25, 0.3) is 10.2 Å². The lowest BCUT2D eigenvalue weighted by atomic mass is 9.90. The van der Waals surface area contributed by atoms with Gasteiger partial charge in [0.2, 0.25) is 0 Å². The number of rotatable bonds is 8. The molecule has 0 amide bonds. The standard InChI is InChI=1S/C16H24N2O2S/c1-5-20-12-6-7-13-14(10-12)21-15(18-13)17-11-16(2,3)8-9-19-4/h6-7,10H,5,8-9,11H2,1-4H3,(H,17,18). The van der Waals surface area contributed by atoms with Gasteiger partial charge >= 0.3 is 0 Å². The Morgan fingerprint density at radius 3 is 2.86 bits per heavy atom. The molecule has 0 saturated carbocycles. The Morgan fingerprint density at radius 2 is 2.14 bits per heavy atom. The first kappa shape index (κ1) is 16.0. The number of thiazole rings is 1. The van der Waals surface area contributed by atoms with Crippen LogP contribution in [0.3, 0.4) is 0 Å². The van der Waals surface area contributed by atoms with Crippen molar-refractivity contribution < 1.29 is 9.47 Å². The van der Waals surface area contributed by atoms with Crippen LogP contribution >= 0.6 is 11.3 Å². The molecule has 1 N–H and O–H groups in total. The lowest BCUT2D eigenvalue weighted by Gasteiger charge is -2.24. The van der Waals surface area contributed by atoms with Crippen molar-refractivity contribution in [3.8, 4) is 5.75 Å². The van der Waals surface area contributed by atoms with Gasteiger partial charge in [-0.3, -0.25) is 0 Å². The van der Waals surface area contributed by atoms with Gasteiger partial charge in [-0.25, -0.2) is 4.98 Å². The number of hydrogen-bond acceptors (Lipinski definition) is 5. The quantitative estimate of drug-likeness (QED) is 0.795. The van der Waals surface area contributed by atoms with Gasteiger partial charge in [0.05, 0.1) is 16.8 Å². The zero-order chi connectivity index (χ0) is 15.3. The van der Waals surface area contributed by atoms with E-state index in [0.29, 0.717) is 6.61 Å². The van der Waals surface area contributed by atoms with E-state index in [4.69, 9.17) is 9.47 Å². The largest absolute Gasteiger partial charge is 0.494 e. The fourth-order valence-electron chi connectivity index (χ4n) is 2.02. The summed E-state index contributed by atoms with van der Waals surface area (Å²) in [5.41, 5.74) is 1.20. The molecule has 1 aromatic carbocycles. The summed E-state index contributed by atoms with van der Waals surface area (Å²) in [6, 6.07) is 6.04. The second kappa shape index (κ2) is 7.09. The molecule has 0 spiro atoms. The van der Waals surface area contributed by atoms with Crippen LogP contribution in [0.5, 0.6) is 5.75 Å². The van der Waals surface area contributed by atoms with Gasteiger partial charge in [-0.2, -0.15) is 0 Å². The highest BCUT2D eigenvalue weighted by Gasteiger charge is 2.18. The van der Waals surface area contributed by atoms with Crippen LogP contribution in [-0.2, 0) is 4.74 Å². The molecule has 0 fully saturated rings. The smallest absolute Gasteiger partial charge is 0.183 e. The molecule has 0 aliphatic heterocycles. The Labute approximate surface area is 130 Å². The van der Waals surface area contributed by atoms with E-state index < -0.39 is 0 Å². The van der Waals surface area contributed by atoms with Crippen LogP contribution in [0.1, 0.15) is 27.2 Å². The van der Waals surface area contributed by atoms with Gasteiger partial charge in [0.15, 0.2) is 5.13 Å². The maximum atomic E-state index is 5.53. The van der Waals surface area contributed by atoms with Crippen molar-refractivity contribution in [3.63, 3.8) is 0 Å². The Bertz CT molecular complexity index is 581. The third kappa shape index (κ3) is 4.58. The number of hydrogen-bond donors (Lipinski definition) is 1. The first-order chi connectivity index (χ1) is 10.0. The number of nitrogens with one attached hydrogen (secondary N) is 1. The average Bonchev–Trinajstić information content (AvgIpc) is 2.86. The predicted molar refractivity (Wildman–Crippen MR) is 89.6 cm³/mol. The summed E-state index contributed by atoms with van der Waals surface area (Å²) in [7, 11) is 1.74. The third-order valence-corrected chi connectivity index (χ3v) is 4.35. The highest BCUT2D eigenvalue weighted by Crippen LogP contribution is 2.30. The molecule has 116 valence electrons. The van der Waals surface area contributed by atoms with Crippen molar-refractivity contribution >= 4 is 26.7 Å². The van der Waals surface area contributed by atoms with E-state index in [1.165, 1.54) is 0 Å². The van der Waals surface area contributed by atoms with Gasteiger partial charge in [0.1, 0.15) is 5.75 Å². The molecular weight excluding hydrogens is 284 g/mol. The summed E-state index contributed by atoms with van der Waals surface area (Å²) in [6.07, 6.45) is 1.02. The number of anilines is 1. The molecule has 0 aliphatic rings. The van der Waals surface area contributed by atoms with Crippen LogP contribution in [0.4, 0.5) is 5.13 Å². The summed E-state index contributed by atoms with van der Waals surface area (Å²) in [6.45, 7) is 8.81. The van der Waals surface area contributed by atoms with Crippen molar-refractivity contribution in [3.05, 3.63) is 18.2 Å². The summed E-state index contributed by atoms with van der Waals surface area (Å²) >= 11 is 1.67. The SMILES string of the molecule is CCOc1ccc2nc(NCC(C)(C)CCOC)sc2c1. The molecule has 0 aliphatic carbocycles. The van der Waals surface area contributed by atoms with E-state index in [9.17, 15) is 0 Å². The second-order valence-electron chi connectivity index (χ2n) is 5.84. The van der Waals surface area contributed by atoms with E-state index in [-0.39, 0.29) is 5.41 Å². The Balaban J connectivity index is 2.02. The van der Waals surface area contributed by atoms with Gasteiger partial charge in [-0.15, -0.1) is 0 Å². The average molecular weight is 308 g/mol. The van der Waals surface area contributed by atoms with Crippen LogP contribution in [0.15, 0.2) is 18.2 Å². The van der Waals surface area contributed by atoms with Gasteiger partial charge in [0.25, 0.3) is 0 Å². The molecule has 0 atom stereocenters. The van der Waals surface area contributed by atoms with E-state index in [1.807, 2.05) is 19.1 Å². The molecule has 1 heterocycles. The highest BCUT2D eigenvalue weighted by atomic mass is 32.1. The van der Waals surface area contributed by atoms with Gasteiger partial charge < -0.3 is 14.8 Å².